The highest BCUT2D eigenvalue weighted by Crippen LogP contribution is 2.08. The fourth-order valence-electron chi connectivity index (χ4n) is 0.977. The van der Waals surface area contributed by atoms with Gasteiger partial charge in [0.25, 0.3) is 0 Å². The van der Waals surface area contributed by atoms with E-state index in [1.165, 1.54) is 0 Å². The number of nitrogens with two attached hydrogens (primary N) is 1. The Hall–Kier alpha value is -0.610. The van der Waals surface area contributed by atoms with E-state index >= 15 is 0 Å². The number of carbonyl (C=O) groups excluding carboxylic acids is 1. The molecule has 0 aromatic carbocycles. The second kappa shape index (κ2) is 5.32. The Kier molecular flexibility index (Phi) is 5.08. The molecule has 84 valence electrons. The molecular formula is C10H23N3O. The molecule has 0 aromatic heterocycles. The maximum Gasteiger partial charge on any atom is 0.234 e. The molecule has 1 amide bonds. The average molecular weight is 201 g/mol. The highest BCUT2D eigenvalue weighted by Gasteiger charge is 2.22. The molecule has 0 saturated heterocycles. The van der Waals surface area contributed by atoms with Gasteiger partial charge < -0.3 is 16.0 Å². The van der Waals surface area contributed by atoms with Gasteiger partial charge in [-0.3, -0.25) is 4.79 Å². The largest absolute Gasteiger partial charge is 0.368 e. The molecule has 14 heavy (non-hydrogen) atoms. The van der Waals surface area contributed by atoms with E-state index in [9.17, 15) is 4.79 Å². The lowest BCUT2D eigenvalue weighted by atomic mass is 10.0. The number of primary amides is 1. The third kappa shape index (κ3) is 4.07. The molecule has 0 aliphatic heterocycles. The van der Waals surface area contributed by atoms with Gasteiger partial charge in [0.2, 0.25) is 5.91 Å². The molecule has 0 aliphatic rings. The molecule has 0 rings (SSSR count). The molecule has 0 bridgehead atoms. The summed E-state index contributed by atoms with van der Waals surface area (Å²) in [4.78, 5) is 13.1. The van der Waals surface area contributed by atoms with Crippen molar-refractivity contribution in [2.75, 3.05) is 20.6 Å². The van der Waals surface area contributed by atoms with Crippen molar-refractivity contribution in [3.8, 4) is 0 Å². The van der Waals surface area contributed by atoms with Crippen molar-refractivity contribution >= 4 is 5.91 Å². The Labute approximate surface area is 86.8 Å². The van der Waals surface area contributed by atoms with Crippen LogP contribution in [0.15, 0.2) is 0 Å². The van der Waals surface area contributed by atoms with Crippen LogP contribution in [0.5, 0.6) is 0 Å². The number of amides is 1. The summed E-state index contributed by atoms with van der Waals surface area (Å²) in [5.74, 6) is -0.276. The summed E-state index contributed by atoms with van der Waals surface area (Å²) >= 11 is 0. The highest BCUT2D eigenvalue weighted by molar-refractivity contribution is 5.79. The van der Waals surface area contributed by atoms with Crippen LogP contribution in [0.1, 0.15) is 27.2 Å². The monoisotopic (exact) mass is 201 g/mol. The summed E-state index contributed by atoms with van der Waals surface area (Å²) in [7, 11) is 4.04. The molecule has 0 aromatic rings. The van der Waals surface area contributed by atoms with Gasteiger partial charge in [0.15, 0.2) is 0 Å². The van der Waals surface area contributed by atoms with Gasteiger partial charge in [-0.25, -0.2) is 0 Å². The van der Waals surface area contributed by atoms with Gasteiger partial charge in [-0.15, -0.1) is 0 Å². The lowest BCUT2D eigenvalue weighted by Gasteiger charge is -2.33. The zero-order valence-corrected chi connectivity index (χ0v) is 9.92. The summed E-state index contributed by atoms with van der Waals surface area (Å²) in [6, 6.07) is -0.214. The number of carbonyl (C=O) groups is 1. The van der Waals surface area contributed by atoms with Crippen molar-refractivity contribution in [2.45, 2.75) is 38.8 Å². The Bertz CT molecular complexity index is 190. The minimum Gasteiger partial charge on any atom is -0.368 e. The highest BCUT2D eigenvalue weighted by atomic mass is 16.1. The molecule has 3 N–H and O–H groups in total. The molecule has 4 nitrogen and oxygen atoms in total. The van der Waals surface area contributed by atoms with Gasteiger partial charge in [0.05, 0.1) is 6.04 Å². The van der Waals surface area contributed by atoms with E-state index in [1.54, 1.807) is 0 Å². The quantitative estimate of drug-likeness (QED) is 0.644. The lowest BCUT2D eigenvalue weighted by Crippen LogP contribution is -2.52. The van der Waals surface area contributed by atoms with Crippen molar-refractivity contribution in [3.05, 3.63) is 0 Å². The van der Waals surface area contributed by atoms with Crippen molar-refractivity contribution in [2.24, 2.45) is 5.73 Å². The molecule has 1 atom stereocenters. The first-order chi connectivity index (χ1) is 6.31. The van der Waals surface area contributed by atoms with E-state index in [0.717, 1.165) is 13.0 Å². The molecule has 4 heteroatoms. The maximum atomic E-state index is 11.0. The van der Waals surface area contributed by atoms with E-state index < -0.39 is 0 Å². The molecule has 0 saturated carbocycles. The first-order valence-corrected chi connectivity index (χ1v) is 5.01. The standard InChI is InChI=1S/C10H23N3O/c1-6-8(9(11)14)12-7-10(2,3)13(4)5/h8,12H,6-7H2,1-5H3,(H2,11,14). The number of hydrogen-bond donors (Lipinski definition) is 2. The van der Waals surface area contributed by atoms with Crippen molar-refractivity contribution in [1.29, 1.82) is 0 Å². The molecule has 0 fully saturated rings. The van der Waals surface area contributed by atoms with Gasteiger partial charge in [-0.2, -0.15) is 0 Å². The summed E-state index contributed by atoms with van der Waals surface area (Å²) in [5, 5.41) is 3.17. The number of likely N-dealkylation sites (N-methyl/N-ethyl adjacent to an activating group) is 1. The maximum absolute atomic E-state index is 11.0. The van der Waals surface area contributed by atoms with Gasteiger partial charge >= 0.3 is 0 Å². The molecule has 0 heterocycles. The predicted octanol–water partition coefficient (Wildman–Crippen LogP) is 0.180. The van der Waals surface area contributed by atoms with Crippen LogP contribution in [-0.2, 0) is 4.79 Å². The number of hydrogen-bond acceptors (Lipinski definition) is 3. The first kappa shape index (κ1) is 13.4. The minimum atomic E-state index is -0.276. The van der Waals surface area contributed by atoms with Crippen molar-refractivity contribution in [1.82, 2.24) is 10.2 Å². The van der Waals surface area contributed by atoms with E-state index in [1.807, 2.05) is 21.0 Å². The van der Waals surface area contributed by atoms with Gasteiger partial charge in [-0.05, 0) is 34.4 Å². The van der Waals surface area contributed by atoms with Crippen molar-refractivity contribution < 1.29 is 4.79 Å². The third-order valence-electron chi connectivity index (χ3n) is 2.74. The molecular weight excluding hydrogens is 178 g/mol. The summed E-state index contributed by atoms with van der Waals surface area (Å²) in [6.07, 6.45) is 0.735. The first-order valence-electron chi connectivity index (χ1n) is 5.01. The summed E-state index contributed by atoms with van der Waals surface area (Å²) in [6.45, 7) is 6.94. The van der Waals surface area contributed by atoms with Crippen LogP contribution in [0.25, 0.3) is 0 Å². The minimum absolute atomic E-state index is 0.0306. The Balaban J connectivity index is 4.09. The second-order valence-corrected chi connectivity index (χ2v) is 4.45. The van der Waals surface area contributed by atoms with Crippen LogP contribution in [0.2, 0.25) is 0 Å². The van der Waals surface area contributed by atoms with E-state index in [-0.39, 0.29) is 17.5 Å². The second-order valence-electron chi connectivity index (χ2n) is 4.45. The number of nitrogens with one attached hydrogen (secondary N) is 1. The number of nitrogens with zero attached hydrogens (tertiary/aromatic N) is 1. The molecule has 0 aliphatic carbocycles. The Morgan fingerprint density at radius 1 is 1.50 bits per heavy atom. The van der Waals surface area contributed by atoms with E-state index in [2.05, 4.69) is 24.1 Å². The van der Waals surface area contributed by atoms with Gasteiger partial charge in [0.1, 0.15) is 0 Å². The van der Waals surface area contributed by atoms with Crippen LogP contribution in [0.4, 0.5) is 0 Å². The van der Waals surface area contributed by atoms with Crippen LogP contribution in [-0.4, -0.2) is 43.0 Å². The fraction of sp³-hybridized carbons (Fsp3) is 0.900. The zero-order valence-electron chi connectivity index (χ0n) is 9.92. The molecule has 0 spiro atoms. The van der Waals surface area contributed by atoms with Crippen molar-refractivity contribution in [3.63, 3.8) is 0 Å². The lowest BCUT2D eigenvalue weighted by molar-refractivity contribution is -0.120. The van der Waals surface area contributed by atoms with E-state index in [0.29, 0.717) is 0 Å². The van der Waals surface area contributed by atoms with Crippen LogP contribution < -0.4 is 11.1 Å². The number of rotatable bonds is 6. The average Bonchev–Trinajstić information content (AvgIpc) is 2.04. The van der Waals surface area contributed by atoms with Gasteiger partial charge in [-0.1, -0.05) is 6.92 Å². The Morgan fingerprint density at radius 3 is 2.29 bits per heavy atom. The summed E-state index contributed by atoms with van der Waals surface area (Å²) in [5.41, 5.74) is 5.27. The Morgan fingerprint density at radius 2 is 2.00 bits per heavy atom. The van der Waals surface area contributed by atoms with Gasteiger partial charge in [0, 0.05) is 12.1 Å². The van der Waals surface area contributed by atoms with Crippen LogP contribution in [0, 0.1) is 0 Å². The molecule has 0 radical (unpaired) electrons. The predicted molar refractivity (Wildman–Crippen MR) is 59.0 cm³/mol. The zero-order chi connectivity index (χ0) is 11.4. The van der Waals surface area contributed by atoms with Crippen LogP contribution >= 0.6 is 0 Å². The smallest absolute Gasteiger partial charge is 0.234 e. The normalized spacial score (nSPS) is 14.4. The fourth-order valence-corrected chi connectivity index (χ4v) is 0.977. The van der Waals surface area contributed by atoms with Crippen LogP contribution in [0.3, 0.4) is 0 Å². The third-order valence-corrected chi connectivity index (χ3v) is 2.74. The SMILES string of the molecule is CCC(NCC(C)(C)N(C)C)C(N)=O. The topological polar surface area (TPSA) is 58.4 Å². The summed E-state index contributed by atoms with van der Waals surface area (Å²) < 4.78 is 0. The van der Waals surface area contributed by atoms with E-state index in [4.69, 9.17) is 5.73 Å². The molecule has 1 unspecified atom stereocenters.